The number of hydrogen-bond donors (Lipinski definition) is 0. The van der Waals surface area contributed by atoms with Gasteiger partial charge in [0.1, 0.15) is 0 Å². The maximum Gasteiger partial charge on any atom is 0.242 e. The first kappa shape index (κ1) is 22.8. The largest absolute Gasteiger partial charge is 0.317 e. The number of hydrogen-bond acceptors (Lipinski definition) is 4. The summed E-state index contributed by atoms with van der Waals surface area (Å²) in [5.74, 6) is 0. The number of sulfonamides is 1. The van der Waals surface area contributed by atoms with Crippen molar-refractivity contribution in [1.82, 2.24) is 8.87 Å². The molecule has 0 radical (unpaired) electrons. The summed E-state index contributed by atoms with van der Waals surface area (Å²) < 4.78 is 28.3. The molecule has 0 saturated heterocycles. The van der Waals surface area contributed by atoms with E-state index in [1.54, 1.807) is 12.1 Å². The Morgan fingerprint density at radius 2 is 1.82 bits per heavy atom. The molecule has 0 atom stereocenters. The van der Waals surface area contributed by atoms with E-state index >= 15 is 0 Å². The Balaban J connectivity index is 0.00000280. The van der Waals surface area contributed by atoms with E-state index in [9.17, 15) is 8.42 Å². The Labute approximate surface area is 184 Å². The third-order valence-electron chi connectivity index (χ3n) is 4.04. The number of rotatable bonds is 5. The van der Waals surface area contributed by atoms with E-state index in [1.807, 2.05) is 42.6 Å². The zero-order chi connectivity index (χ0) is 19.6. The predicted molar refractivity (Wildman–Crippen MR) is 121 cm³/mol. The van der Waals surface area contributed by atoms with Gasteiger partial charge in [0, 0.05) is 36.6 Å². The highest BCUT2D eigenvalue weighted by Crippen LogP contribution is 2.28. The fourth-order valence-corrected chi connectivity index (χ4v) is 4.90. The summed E-state index contributed by atoms with van der Waals surface area (Å²) in [7, 11) is -0.565. The van der Waals surface area contributed by atoms with Gasteiger partial charge in [0.25, 0.3) is 0 Å². The molecule has 0 amide bonds. The highest BCUT2D eigenvalue weighted by molar-refractivity contribution is 8.93. The predicted octanol–water partition coefficient (Wildman–Crippen LogP) is 4.95. The third kappa shape index (κ3) is 4.75. The molecule has 1 heterocycles. The highest BCUT2D eigenvalue weighted by Gasteiger charge is 2.20. The van der Waals surface area contributed by atoms with E-state index in [4.69, 9.17) is 16.6 Å². The van der Waals surface area contributed by atoms with Crippen LogP contribution in [0.3, 0.4) is 0 Å². The summed E-state index contributed by atoms with van der Waals surface area (Å²) in [5, 5.41) is 2.35. The fourth-order valence-electron chi connectivity index (χ4n) is 2.64. The summed E-state index contributed by atoms with van der Waals surface area (Å²) in [6.07, 6.45) is 0. The molecule has 1 aromatic heterocycles. The molecule has 5 nitrogen and oxygen atoms in total. The van der Waals surface area contributed by atoms with E-state index < -0.39 is 10.0 Å². The molecular formula is C19H21BrClN3O2S2. The lowest BCUT2D eigenvalue weighted by Gasteiger charge is -2.13. The fraction of sp³-hybridized carbons (Fsp3) is 0.211. The summed E-state index contributed by atoms with van der Waals surface area (Å²) in [4.78, 5) is 5.72. The van der Waals surface area contributed by atoms with Crippen LogP contribution in [0.25, 0.3) is 11.3 Å². The zero-order valence-electron chi connectivity index (χ0n) is 15.7. The molecule has 0 N–H and O–H groups in total. The average Bonchev–Trinajstić information content (AvgIpc) is 3.04. The number of thiazole rings is 1. The van der Waals surface area contributed by atoms with E-state index in [0.717, 1.165) is 21.7 Å². The van der Waals surface area contributed by atoms with Crippen molar-refractivity contribution in [3.8, 4) is 11.3 Å². The second kappa shape index (κ2) is 9.37. The monoisotopic (exact) mass is 501 g/mol. The normalized spacial score (nSPS) is 12.2. The molecule has 0 fully saturated rings. The second-order valence-corrected chi connectivity index (χ2v) is 9.48. The van der Waals surface area contributed by atoms with Crippen molar-refractivity contribution < 1.29 is 8.42 Å². The minimum atomic E-state index is -3.57. The molecular weight excluding hydrogens is 482 g/mol. The van der Waals surface area contributed by atoms with Gasteiger partial charge in [-0.25, -0.2) is 17.7 Å². The first-order valence-corrected chi connectivity index (χ1v) is 11.0. The number of para-hydroxylation sites is 1. The summed E-state index contributed by atoms with van der Waals surface area (Å²) in [6, 6.07) is 14.6. The molecule has 28 heavy (non-hydrogen) atoms. The van der Waals surface area contributed by atoms with E-state index in [2.05, 4.69) is 4.57 Å². The van der Waals surface area contributed by atoms with Crippen LogP contribution in [0.1, 0.15) is 6.92 Å². The minimum absolute atomic E-state index is 0. The van der Waals surface area contributed by atoms with Crippen molar-refractivity contribution in [3.05, 3.63) is 63.7 Å². The van der Waals surface area contributed by atoms with Crippen molar-refractivity contribution in [2.45, 2.75) is 18.4 Å². The van der Waals surface area contributed by atoms with Crippen LogP contribution >= 0.6 is 39.9 Å². The van der Waals surface area contributed by atoms with Gasteiger partial charge >= 0.3 is 0 Å². The summed E-state index contributed by atoms with van der Waals surface area (Å²) in [5.41, 5.74) is 2.50. The van der Waals surface area contributed by atoms with Crippen LogP contribution in [-0.2, 0) is 16.6 Å². The van der Waals surface area contributed by atoms with Crippen LogP contribution in [0, 0.1) is 0 Å². The molecule has 2 aromatic carbocycles. The van der Waals surface area contributed by atoms with Crippen molar-refractivity contribution >= 4 is 55.6 Å². The number of halogens is 2. The average molecular weight is 503 g/mol. The van der Waals surface area contributed by atoms with Crippen molar-refractivity contribution in [3.63, 3.8) is 0 Å². The molecule has 0 saturated carbocycles. The van der Waals surface area contributed by atoms with Crippen LogP contribution in [-0.4, -0.2) is 31.4 Å². The SMILES string of the molecule is Br.CCn1c(-c2cc(Cl)cc(S(=O)(=O)N(C)C)c2)cs/c1=N/c1ccccc1. The maximum absolute atomic E-state index is 12.5. The lowest BCUT2D eigenvalue weighted by molar-refractivity contribution is 0.521. The molecule has 0 unspecified atom stereocenters. The van der Waals surface area contributed by atoms with Gasteiger partial charge in [-0.05, 0) is 37.3 Å². The molecule has 0 bridgehead atoms. The van der Waals surface area contributed by atoms with Gasteiger partial charge in [-0.1, -0.05) is 29.8 Å². The standard InChI is InChI=1S/C19H20ClN3O2S2.BrH/c1-4-23-18(13-26-19(23)21-16-8-6-5-7-9-16)14-10-15(20)12-17(11-14)27(24,25)22(2)3;/h5-13H,4H2,1-3H3;1H/b21-19+;. The second-order valence-electron chi connectivity index (χ2n) is 6.06. The lowest BCUT2D eigenvalue weighted by atomic mass is 10.2. The summed E-state index contributed by atoms with van der Waals surface area (Å²) in [6.45, 7) is 2.73. The Morgan fingerprint density at radius 1 is 1.14 bits per heavy atom. The quantitative estimate of drug-likeness (QED) is 0.496. The van der Waals surface area contributed by atoms with Gasteiger partial charge in [0.15, 0.2) is 4.80 Å². The highest BCUT2D eigenvalue weighted by atomic mass is 79.9. The third-order valence-corrected chi connectivity index (χ3v) is 6.92. The number of benzene rings is 2. The lowest BCUT2D eigenvalue weighted by Crippen LogP contribution is -2.22. The Hall–Kier alpha value is -1.45. The van der Waals surface area contributed by atoms with E-state index in [0.29, 0.717) is 11.6 Å². The summed E-state index contributed by atoms with van der Waals surface area (Å²) >= 11 is 7.74. The maximum atomic E-state index is 12.5. The minimum Gasteiger partial charge on any atom is -0.317 e. The molecule has 0 aliphatic heterocycles. The number of nitrogens with zero attached hydrogens (tertiary/aromatic N) is 3. The smallest absolute Gasteiger partial charge is 0.242 e. The molecule has 150 valence electrons. The van der Waals surface area contributed by atoms with Crippen molar-refractivity contribution in [2.75, 3.05) is 14.1 Å². The van der Waals surface area contributed by atoms with E-state index in [1.165, 1.54) is 35.8 Å². The van der Waals surface area contributed by atoms with Gasteiger partial charge in [0.2, 0.25) is 10.0 Å². The van der Waals surface area contributed by atoms with Crippen molar-refractivity contribution in [2.24, 2.45) is 4.99 Å². The van der Waals surface area contributed by atoms with Crippen LogP contribution < -0.4 is 4.80 Å². The van der Waals surface area contributed by atoms with Crippen molar-refractivity contribution in [1.29, 1.82) is 0 Å². The van der Waals surface area contributed by atoms with Gasteiger partial charge < -0.3 is 4.57 Å². The Bertz CT molecular complexity index is 1120. The molecule has 0 aliphatic carbocycles. The molecule has 9 heteroatoms. The zero-order valence-corrected chi connectivity index (χ0v) is 19.8. The molecule has 0 aliphatic rings. The van der Waals surface area contributed by atoms with E-state index in [-0.39, 0.29) is 21.9 Å². The Morgan fingerprint density at radius 3 is 2.43 bits per heavy atom. The van der Waals surface area contributed by atoms with Gasteiger partial charge in [-0.3, -0.25) is 0 Å². The molecule has 0 spiro atoms. The first-order valence-electron chi connectivity index (χ1n) is 8.34. The van der Waals surface area contributed by atoms with Gasteiger partial charge in [0.05, 0.1) is 16.3 Å². The first-order chi connectivity index (χ1) is 12.8. The van der Waals surface area contributed by atoms with Crippen LogP contribution in [0.15, 0.2) is 63.8 Å². The van der Waals surface area contributed by atoms with Gasteiger partial charge in [-0.15, -0.1) is 28.3 Å². The molecule has 3 rings (SSSR count). The van der Waals surface area contributed by atoms with Crippen LogP contribution in [0.4, 0.5) is 5.69 Å². The number of aromatic nitrogens is 1. The molecule has 3 aromatic rings. The Kier molecular flexibility index (Phi) is 7.64. The van der Waals surface area contributed by atoms with Crippen LogP contribution in [0.5, 0.6) is 0 Å². The topological polar surface area (TPSA) is 54.7 Å². The van der Waals surface area contributed by atoms with Gasteiger partial charge in [-0.2, -0.15) is 0 Å². The van der Waals surface area contributed by atoms with Crippen LogP contribution in [0.2, 0.25) is 5.02 Å².